The monoisotopic (exact) mass is 251 g/mol. The minimum atomic E-state index is -0.265. The number of hydrogen-bond acceptors (Lipinski definition) is 5. The van der Waals surface area contributed by atoms with E-state index < -0.39 is 0 Å². The van der Waals surface area contributed by atoms with E-state index in [1.54, 1.807) is 0 Å². The van der Waals surface area contributed by atoms with Crippen molar-refractivity contribution >= 4 is 17.2 Å². The van der Waals surface area contributed by atoms with Crippen molar-refractivity contribution in [2.75, 3.05) is 0 Å². The lowest BCUT2D eigenvalue weighted by atomic mass is 10.1. The van der Waals surface area contributed by atoms with Gasteiger partial charge in [0.1, 0.15) is 11.2 Å². The first-order chi connectivity index (χ1) is 7.97. The third-order valence-electron chi connectivity index (χ3n) is 1.94. The molecule has 0 aliphatic rings. The highest BCUT2D eigenvalue weighted by Crippen LogP contribution is 2.20. The summed E-state index contributed by atoms with van der Waals surface area (Å²) in [6.45, 7) is 5.82. The number of nitrogens with zero attached hydrogens (tertiary/aromatic N) is 4. The number of aromatic nitrogens is 4. The summed E-state index contributed by atoms with van der Waals surface area (Å²) in [4.78, 5) is 12.7. The molecule has 0 unspecified atom stereocenters. The highest BCUT2D eigenvalue weighted by molar-refractivity contribution is 7.12. The molecule has 0 aromatic carbocycles. The molecule has 0 radical (unpaired) electrons. The normalized spacial score (nSPS) is 11.5. The first-order valence-electron chi connectivity index (χ1n) is 5.11. The van der Waals surface area contributed by atoms with E-state index in [-0.39, 0.29) is 11.4 Å². The maximum atomic E-state index is 12.1. The molecule has 0 saturated heterocycles. The summed E-state index contributed by atoms with van der Waals surface area (Å²) in [6.07, 6.45) is 1.47. The highest BCUT2D eigenvalue weighted by Gasteiger charge is 2.20. The van der Waals surface area contributed by atoms with Gasteiger partial charge in [-0.3, -0.25) is 4.79 Å². The predicted molar refractivity (Wildman–Crippen MR) is 64.3 cm³/mol. The Labute approximate surface area is 103 Å². The van der Waals surface area contributed by atoms with E-state index in [0.29, 0.717) is 10.6 Å². The Morgan fingerprint density at radius 2 is 2.24 bits per heavy atom. The van der Waals surface area contributed by atoms with Crippen molar-refractivity contribution in [1.29, 1.82) is 0 Å². The number of tetrazole rings is 1. The van der Waals surface area contributed by atoms with Crippen LogP contribution >= 0.6 is 11.3 Å². The molecular formula is C10H13N5OS. The van der Waals surface area contributed by atoms with Crippen molar-refractivity contribution in [2.24, 2.45) is 0 Å². The fourth-order valence-electron chi connectivity index (χ4n) is 1.32. The number of hydrogen-bond donors (Lipinski definition) is 1. The lowest BCUT2D eigenvalue weighted by molar-refractivity contribution is 0.0923. The molecule has 17 heavy (non-hydrogen) atoms. The summed E-state index contributed by atoms with van der Waals surface area (Å²) in [5.74, 6) is -0.113. The van der Waals surface area contributed by atoms with Crippen LogP contribution < -0.4 is 5.32 Å². The molecule has 2 rings (SSSR count). The lowest BCUT2D eigenvalue weighted by Crippen LogP contribution is -2.40. The summed E-state index contributed by atoms with van der Waals surface area (Å²) < 4.78 is 1.48. The highest BCUT2D eigenvalue weighted by atomic mass is 32.1. The van der Waals surface area contributed by atoms with Crippen molar-refractivity contribution < 1.29 is 4.79 Å². The molecule has 2 aromatic rings. The van der Waals surface area contributed by atoms with Crippen LogP contribution in [0.3, 0.4) is 0 Å². The fourth-order valence-corrected chi connectivity index (χ4v) is 2.10. The molecule has 0 aliphatic carbocycles. The van der Waals surface area contributed by atoms with Gasteiger partial charge in [-0.2, -0.15) is 4.68 Å². The summed E-state index contributed by atoms with van der Waals surface area (Å²) in [5, 5.41) is 15.7. The molecule has 0 saturated carbocycles. The molecule has 90 valence electrons. The van der Waals surface area contributed by atoms with Crippen LogP contribution in [-0.2, 0) is 0 Å². The van der Waals surface area contributed by atoms with Gasteiger partial charge in [0.25, 0.3) is 5.91 Å². The van der Waals surface area contributed by atoms with Crippen LogP contribution in [0.15, 0.2) is 17.8 Å². The van der Waals surface area contributed by atoms with Crippen LogP contribution in [0.5, 0.6) is 0 Å². The van der Waals surface area contributed by atoms with E-state index in [0.717, 1.165) is 0 Å². The van der Waals surface area contributed by atoms with Crippen LogP contribution in [-0.4, -0.2) is 31.7 Å². The molecule has 0 spiro atoms. The summed E-state index contributed by atoms with van der Waals surface area (Å²) in [5.41, 5.74) is 0.431. The molecule has 0 bridgehead atoms. The van der Waals surface area contributed by atoms with E-state index in [4.69, 9.17) is 0 Å². The molecule has 0 aliphatic heterocycles. The maximum absolute atomic E-state index is 12.1. The Kier molecular flexibility index (Phi) is 2.93. The minimum absolute atomic E-state index is 0.113. The van der Waals surface area contributed by atoms with E-state index in [9.17, 15) is 4.79 Å². The Balaban J connectivity index is 2.29. The first kappa shape index (κ1) is 11.7. The topological polar surface area (TPSA) is 72.7 Å². The van der Waals surface area contributed by atoms with Crippen molar-refractivity contribution in [3.05, 3.63) is 22.7 Å². The van der Waals surface area contributed by atoms with Gasteiger partial charge >= 0.3 is 0 Å². The zero-order chi connectivity index (χ0) is 12.5. The largest absolute Gasteiger partial charge is 0.347 e. The Morgan fingerprint density at radius 1 is 1.47 bits per heavy atom. The van der Waals surface area contributed by atoms with E-state index >= 15 is 0 Å². The molecule has 1 amide bonds. The molecule has 0 atom stereocenters. The average Bonchev–Trinajstić information content (AvgIpc) is 2.85. The van der Waals surface area contributed by atoms with Gasteiger partial charge in [-0.1, -0.05) is 0 Å². The quantitative estimate of drug-likeness (QED) is 0.872. The Morgan fingerprint density at radius 3 is 2.82 bits per heavy atom. The molecule has 6 nitrogen and oxygen atoms in total. The van der Waals surface area contributed by atoms with Gasteiger partial charge in [0.05, 0.1) is 5.69 Å². The number of nitrogens with one attached hydrogen (secondary N) is 1. The van der Waals surface area contributed by atoms with E-state index in [1.165, 1.54) is 22.3 Å². The third kappa shape index (κ3) is 2.68. The van der Waals surface area contributed by atoms with Gasteiger partial charge in [-0.15, -0.1) is 16.4 Å². The second-order valence-corrected chi connectivity index (χ2v) is 5.51. The summed E-state index contributed by atoms with van der Waals surface area (Å²) >= 11 is 1.37. The van der Waals surface area contributed by atoms with Gasteiger partial charge < -0.3 is 5.32 Å². The second kappa shape index (κ2) is 4.25. The van der Waals surface area contributed by atoms with Crippen LogP contribution in [0.1, 0.15) is 30.4 Å². The van der Waals surface area contributed by atoms with Crippen LogP contribution in [0.25, 0.3) is 5.69 Å². The smallest absolute Gasteiger partial charge is 0.263 e. The zero-order valence-corrected chi connectivity index (χ0v) is 10.7. The molecular weight excluding hydrogens is 238 g/mol. The molecule has 1 N–H and O–H groups in total. The SMILES string of the molecule is CC(C)(C)NC(=O)c1sccc1-n1cnnn1. The van der Waals surface area contributed by atoms with Crippen LogP contribution in [0, 0.1) is 0 Å². The number of carbonyl (C=O) groups excluding carboxylic acids is 1. The number of carbonyl (C=O) groups is 1. The van der Waals surface area contributed by atoms with Gasteiger partial charge in [0, 0.05) is 5.54 Å². The predicted octanol–water partition coefficient (Wildman–Crippen LogP) is 1.25. The van der Waals surface area contributed by atoms with E-state index in [1.807, 2.05) is 32.2 Å². The number of thiophene rings is 1. The van der Waals surface area contributed by atoms with Crippen molar-refractivity contribution in [3.63, 3.8) is 0 Å². The summed E-state index contributed by atoms with van der Waals surface area (Å²) in [6, 6.07) is 1.82. The van der Waals surface area contributed by atoms with Crippen LogP contribution in [0.4, 0.5) is 0 Å². The molecule has 2 aromatic heterocycles. The number of rotatable bonds is 2. The van der Waals surface area contributed by atoms with Gasteiger partial charge in [0.15, 0.2) is 0 Å². The second-order valence-electron chi connectivity index (χ2n) is 4.59. The van der Waals surface area contributed by atoms with Gasteiger partial charge in [-0.05, 0) is 42.6 Å². The van der Waals surface area contributed by atoms with Crippen molar-refractivity contribution in [1.82, 2.24) is 25.5 Å². The Bertz CT molecular complexity index is 511. The third-order valence-corrected chi connectivity index (χ3v) is 2.84. The van der Waals surface area contributed by atoms with Crippen molar-refractivity contribution in [3.8, 4) is 5.69 Å². The molecule has 2 heterocycles. The standard InChI is InChI=1S/C10H13N5OS/c1-10(2,3)12-9(16)8-7(4-5-17-8)15-6-11-13-14-15/h4-6H,1-3H3,(H,12,16). The average molecular weight is 251 g/mol. The minimum Gasteiger partial charge on any atom is -0.347 e. The van der Waals surface area contributed by atoms with Gasteiger partial charge in [0.2, 0.25) is 0 Å². The molecule has 7 heteroatoms. The summed E-state index contributed by atoms with van der Waals surface area (Å²) in [7, 11) is 0. The van der Waals surface area contributed by atoms with Crippen molar-refractivity contribution in [2.45, 2.75) is 26.3 Å². The lowest BCUT2D eigenvalue weighted by Gasteiger charge is -2.20. The zero-order valence-electron chi connectivity index (χ0n) is 9.84. The fraction of sp³-hybridized carbons (Fsp3) is 0.400. The first-order valence-corrected chi connectivity index (χ1v) is 5.99. The van der Waals surface area contributed by atoms with Gasteiger partial charge in [-0.25, -0.2) is 0 Å². The molecule has 0 fully saturated rings. The van der Waals surface area contributed by atoms with E-state index in [2.05, 4.69) is 20.8 Å². The van der Waals surface area contributed by atoms with Crippen LogP contribution in [0.2, 0.25) is 0 Å². The maximum Gasteiger partial charge on any atom is 0.263 e. The Hall–Kier alpha value is -1.76. The number of amides is 1.